The molecule has 2 bridgehead atoms. The topological polar surface area (TPSA) is 52.6 Å². The highest BCUT2D eigenvalue weighted by molar-refractivity contribution is 5.67. The third kappa shape index (κ3) is 6.82. The monoisotopic (exact) mass is 692 g/mol. The third-order valence-electron chi connectivity index (χ3n) is 9.63. The van der Waals surface area contributed by atoms with Crippen molar-refractivity contribution in [3.63, 3.8) is 0 Å². The van der Waals surface area contributed by atoms with Gasteiger partial charge in [-0.25, -0.2) is 0 Å². The number of halogens is 15. The molecule has 2 aliphatic carbocycles. The Balaban J connectivity index is 2.88. The summed E-state index contributed by atoms with van der Waals surface area (Å²) in [5.41, 5.74) is -15.3. The summed E-state index contributed by atoms with van der Waals surface area (Å²) in [7, 11) is 0. The summed E-state index contributed by atoms with van der Waals surface area (Å²) in [6.45, 7) is 3.23. The summed E-state index contributed by atoms with van der Waals surface area (Å²) >= 11 is 0. The zero-order valence-corrected chi connectivity index (χ0v) is 24.4. The lowest BCUT2D eigenvalue weighted by Gasteiger charge is -2.50. The van der Waals surface area contributed by atoms with E-state index in [1.807, 2.05) is 0 Å². The van der Waals surface area contributed by atoms with E-state index in [1.54, 1.807) is 0 Å². The van der Waals surface area contributed by atoms with Crippen LogP contribution in [0.25, 0.3) is 0 Å². The lowest BCUT2D eigenvalue weighted by Crippen LogP contribution is -2.63. The number of esters is 2. The highest BCUT2D eigenvalue weighted by Gasteiger charge is 2.79. The summed E-state index contributed by atoms with van der Waals surface area (Å²) < 4.78 is 220. The van der Waals surface area contributed by atoms with E-state index in [1.165, 1.54) is 0 Å². The number of hydrogen-bond acceptors (Lipinski definition) is 4. The fourth-order valence-corrected chi connectivity index (χ4v) is 7.50. The molecule has 4 nitrogen and oxygen atoms in total. The van der Waals surface area contributed by atoms with Crippen LogP contribution in [0.15, 0.2) is 0 Å². The van der Waals surface area contributed by atoms with Crippen LogP contribution in [0.2, 0.25) is 0 Å². The number of carbonyl (C=O) groups is 2. The van der Waals surface area contributed by atoms with Crippen LogP contribution >= 0.6 is 0 Å². The van der Waals surface area contributed by atoms with E-state index in [-0.39, 0.29) is 13.8 Å². The molecule has 0 N–H and O–H groups in total. The van der Waals surface area contributed by atoms with Crippen LogP contribution in [0.5, 0.6) is 0 Å². The van der Waals surface area contributed by atoms with Gasteiger partial charge in [0.2, 0.25) is 0 Å². The standard InChI is InChI=1S/C26H31F15O4/c1-6-19(5,22(27,28)29)11-18(4)8-14-7-17(18)16(10-21(25(36,37)38,26(39,40)41)45-13(3)43)15(14)9-20(23(30,31)32,24(33,34)35)44-12(2)42/h14-17H,6-11H2,1-5H3. The van der Waals surface area contributed by atoms with Crippen molar-refractivity contribution in [3.8, 4) is 0 Å². The molecular weight excluding hydrogens is 661 g/mol. The van der Waals surface area contributed by atoms with Crippen LogP contribution in [-0.4, -0.2) is 54.0 Å². The molecule has 0 aromatic carbocycles. The SMILES string of the molecule is CCC(C)(CC1(C)CC2CC1C(CC(OC(C)=O)(C(F)(F)F)C(F)(F)F)C2CC(OC(C)=O)(C(F)(F)F)C(F)(F)F)C(F)(F)F. The summed E-state index contributed by atoms with van der Waals surface area (Å²) in [6.07, 6.45) is -38.6. The molecule has 6 atom stereocenters. The maximum atomic E-state index is 14.2. The number of rotatable bonds is 9. The van der Waals surface area contributed by atoms with E-state index in [0.29, 0.717) is 0 Å². The summed E-state index contributed by atoms with van der Waals surface area (Å²) in [5.74, 6) is -12.4. The predicted molar refractivity (Wildman–Crippen MR) is 123 cm³/mol. The Morgan fingerprint density at radius 1 is 0.667 bits per heavy atom. The quantitative estimate of drug-likeness (QED) is 0.179. The Bertz CT molecular complexity index is 1080. The molecule has 0 radical (unpaired) electrons. The highest BCUT2D eigenvalue weighted by atomic mass is 19.4. The number of carbonyl (C=O) groups excluding carboxylic acids is 2. The molecule has 0 heterocycles. The van der Waals surface area contributed by atoms with Crippen molar-refractivity contribution >= 4 is 11.9 Å². The predicted octanol–water partition coefficient (Wildman–Crippen LogP) is 9.27. The molecule has 2 rings (SSSR count). The van der Waals surface area contributed by atoms with E-state index < -0.39 is 127 Å². The van der Waals surface area contributed by atoms with Gasteiger partial charge in [-0.15, -0.1) is 0 Å². The van der Waals surface area contributed by atoms with Crippen molar-refractivity contribution in [2.45, 2.75) is 115 Å². The van der Waals surface area contributed by atoms with Gasteiger partial charge in [0, 0.05) is 26.7 Å². The van der Waals surface area contributed by atoms with Gasteiger partial charge >= 0.3 is 54.0 Å². The first-order valence-corrected chi connectivity index (χ1v) is 13.5. The van der Waals surface area contributed by atoms with Crippen molar-refractivity contribution in [1.82, 2.24) is 0 Å². The molecule has 0 spiro atoms. The molecule has 6 unspecified atom stereocenters. The van der Waals surface area contributed by atoms with Crippen LogP contribution in [0, 0.1) is 34.5 Å². The van der Waals surface area contributed by atoms with E-state index >= 15 is 0 Å². The molecule has 0 amide bonds. The molecular formula is C26H31F15O4. The van der Waals surface area contributed by atoms with E-state index in [2.05, 4.69) is 9.47 Å². The van der Waals surface area contributed by atoms with Gasteiger partial charge < -0.3 is 9.47 Å². The maximum Gasteiger partial charge on any atom is 0.437 e. The first-order valence-electron chi connectivity index (χ1n) is 13.5. The molecule has 264 valence electrons. The number of hydrogen-bond donors (Lipinski definition) is 0. The van der Waals surface area contributed by atoms with Crippen LogP contribution in [0.4, 0.5) is 65.9 Å². The van der Waals surface area contributed by atoms with Crippen LogP contribution in [0.3, 0.4) is 0 Å². The summed E-state index contributed by atoms with van der Waals surface area (Å²) in [6, 6.07) is 0. The van der Waals surface area contributed by atoms with E-state index in [0.717, 1.165) is 20.8 Å². The largest absolute Gasteiger partial charge is 0.440 e. The van der Waals surface area contributed by atoms with Crippen LogP contribution in [-0.2, 0) is 19.1 Å². The maximum absolute atomic E-state index is 14.2. The van der Waals surface area contributed by atoms with Crippen molar-refractivity contribution < 1.29 is 84.9 Å². The zero-order valence-electron chi connectivity index (χ0n) is 24.4. The smallest absolute Gasteiger partial charge is 0.437 e. The summed E-state index contributed by atoms with van der Waals surface area (Å²) in [4.78, 5) is 23.0. The van der Waals surface area contributed by atoms with Gasteiger partial charge in [0.1, 0.15) is 0 Å². The minimum Gasteiger partial charge on any atom is -0.440 e. The van der Waals surface area contributed by atoms with Crippen molar-refractivity contribution in [1.29, 1.82) is 0 Å². The minimum atomic E-state index is -6.52. The van der Waals surface area contributed by atoms with Crippen molar-refractivity contribution in [2.75, 3.05) is 0 Å². The molecule has 0 aromatic heterocycles. The second kappa shape index (κ2) is 11.5. The Morgan fingerprint density at radius 2 is 1.02 bits per heavy atom. The second-order valence-electron chi connectivity index (χ2n) is 12.6. The molecule has 45 heavy (non-hydrogen) atoms. The van der Waals surface area contributed by atoms with Gasteiger partial charge in [0.15, 0.2) is 0 Å². The molecule has 0 aliphatic heterocycles. The number of fused-ring (bicyclic) bond motifs is 2. The first kappa shape index (κ1) is 39.1. The summed E-state index contributed by atoms with van der Waals surface area (Å²) in [5, 5.41) is 0. The second-order valence-corrected chi connectivity index (χ2v) is 12.6. The van der Waals surface area contributed by atoms with Crippen molar-refractivity contribution in [2.24, 2.45) is 34.5 Å². The Morgan fingerprint density at radius 3 is 1.31 bits per heavy atom. The van der Waals surface area contributed by atoms with Gasteiger partial charge in [-0.1, -0.05) is 20.8 Å². The lowest BCUT2D eigenvalue weighted by molar-refractivity contribution is -0.382. The molecule has 0 aromatic rings. The van der Waals surface area contributed by atoms with Gasteiger partial charge in [0.25, 0.3) is 0 Å². The van der Waals surface area contributed by atoms with Gasteiger partial charge in [-0.3, -0.25) is 9.59 Å². The Hall–Kier alpha value is -2.11. The zero-order chi connectivity index (χ0) is 35.6. The van der Waals surface area contributed by atoms with Gasteiger partial charge in [0.05, 0.1) is 5.41 Å². The van der Waals surface area contributed by atoms with Crippen LogP contribution in [0.1, 0.15) is 73.1 Å². The molecule has 19 heteroatoms. The molecule has 2 aliphatic rings. The number of alkyl halides is 15. The highest BCUT2D eigenvalue weighted by Crippen LogP contribution is 2.70. The van der Waals surface area contributed by atoms with Crippen LogP contribution < -0.4 is 0 Å². The van der Waals surface area contributed by atoms with E-state index in [4.69, 9.17) is 0 Å². The van der Waals surface area contributed by atoms with Gasteiger partial charge in [-0.2, -0.15) is 65.9 Å². The van der Waals surface area contributed by atoms with E-state index in [9.17, 15) is 75.4 Å². The Labute approximate surface area is 247 Å². The molecule has 0 saturated heterocycles. The average molecular weight is 693 g/mol. The normalized spacial score (nSPS) is 28.2. The minimum absolute atomic E-state index is 0.156. The Kier molecular flexibility index (Phi) is 10.0. The fraction of sp³-hybridized carbons (Fsp3) is 0.923. The van der Waals surface area contributed by atoms with Gasteiger partial charge in [-0.05, 0) is 54.8 Å². The first-order chi connectivity index (χ1) is 19.7. The lowest BCUT2D eigenvalue weighted by atomic mass is 9.57. The van der Waals surface area contributed by atoms with Crippen molar-refractivity contribution in [3.05, 3.63) is 0 Å². The average Bonchev–Trinajstić information content (AvgIpc) is 3.27. The third-order valence-corrected chi connectivity index (χ3v) is 9.63. The molecule has 2 fully saturated rings. The fourth-order valence-electron chi connectivity index (χ4n) is 7.50. The number of ether oxygens (including phenoxy) is 2. The molecule has 2 saturated carbocycles.